The van der Waals surface area contributed by atoms with E-state index in [1.807, 2.05) is 0 Å². The van der Waals surface area contributed by atoms with Crippen LogP contribution >= 0.6 is 0 Å². The first-order valence-electron chi connectivity index (χ1n) is 14.1. The summed E-state index contributed by atoms with van der Waals surface area (Å²) in [5, 5.41) is 32.1. The molecule has 49 heavy (non-hydrogen) atoms. The van der Waals surface area contributed by atoms with Crippen molar-refractivity contribution in [3.05, 3.63) is 86.5 Å². The first kappa shape index (κ1) is 37.5. The number of phenolic OH excluding ortho intramolecular Hbond substituents is 3. The van der Waals surface area contributed by atoms with Gasteiger partial charge in [0.15, 0.2) is 34.7 Å². The summed E-state index contributed by atoms with van der Waals surface area (Å²) < 4.78 is 15.4. The minimum Gasteiger partial charge on any atom is -0.547 e. The monoisotopic (exact) mass is 690 g/mol. The fourth-order valence-electron chi connectivity index (χ4n) is 4.74. The molecule has 0 saturated heterocycles. The van der Waals surface area contributed by atoms with Gasteiger partial charge in [-0.25, -0.2) is 14.4 Å². The molecule has 15 nitrogen and oxygen atoms in total. The highest BCUT2D eigenvalue weighted by molar-refractivity contribution is 6.46. The first-order valence-corrected chi connectivity index (χ1v) is 15.5. The van der Waals surface area contributed by atoms with Gasteiger partial charge in [-0.05, 0) is 77.9 Å². The van der Waals surface area contributed by atoms with Gasteiger partial charge in [-0.2, -0.15) is 0 Å². The van der Waals surface area contributed by atoms with Crippen molar-refractivity contribution in [2.24, 2.45) is 0 Å². The van der Waals surface area contributed by atoms with Gasteiger partial charge in [-0.15, -0.1) is 0 Å². The summed E-state index contributed by atoms with van der Waals surface area (Å²) in [6.45, 7) is 6.34. The quantitative estimate of drug-likeness (QED) is 0.180. The Kier molecular flexibility index (Phi) is 11.4. The molecule has 3 aromatic carbocycles. The van der Waals surface area contributed by atoms with E-state index in [1.54, 1.807) is 0 Å². The number of carbonyl (C=O) groups is 9. The number of benzene rings is 3. The zero-order valence-electron chi connectivity index (χ0n) is 26.8. The van der Waals surface area contributed by atoms with Crippen LogP contribution in [0.5, 0.6) is 17.2 Å². The van der Waals surface area contributed by atoms with Crippen molar-refractivity contribution in [1.29, 1.82) is 0 Å². The molecule has 3 rings (SSSR count). The number of hydrogen-bond acceptors (Lipinski definition) is 15. The van der Waals surface area contributed by atoms with E-state index in [9.17, 15) is 58.5 Å². The number of phenols is 3. The van der Waals surface area contributed by atoms with Gasteiger partial charge >= 0.3 is 33.1 Å². The number of rotatable bonds is 12. The molecular formula is C33H27AlO15. The maximum Gasteiger partial charge on any atom is 1.20 e. The molecule has 0 spiro atoms. The Morgan fingerprint density at radius 2 is 0.592 bits per heavy atom. The Balaban J connectivity index is 2.12. The summed E-state index contributed by atoms with van der Waals surface area (Å²) >= 11 is -4.53. The second-order valence-electron chi connectivity index (χ2n) is 10.5. The number of hydrogen-bond donors (Lipinski definition) is 3. The van der Waals surface area contributed by atoms with Crippen molar-refractivity contribution in [2.75, 3.05) is 0 Å². The standard InChI is InChI=1S/3C11H10O5.Al/c3*1-5(12)7-3-4-8(11(15)16)10(14)9(7)6(2)13;/h3*3-4,14H,1-2H3,(H,15,16);/q;;;+3/p-3. The molecular weight excluding hydrogens is 663 g/mol. The maximum absolute atomic E-state index is 13.2. The summed E-state index contributed by atoms with van der Waals surface area (Å²) in [4.78, 5) is 112. The molecule has 0 amide bonds. The van der Waals surface area contributed by atoms with Gasteiger partial charge in [0.25, 0.3) is 0 Å². The van der Waals surface area contributed by atoms with Crippen molar-refractivity contribution >= 4 is 67.8 Å². The molecule has 0 aromatic heterocycles. The zero-order valence-corrected chi connectivity index (χ0v) is 27.9. The van der Waals surface area contributed by atoms with Crippen LogP contribution in [0.15, 0.2) is 36.4 Å². The van der Waals surface area contributed by atoms with E-state index >= 15 is 0 Å². The average molecular weight is 691 g/mol. The second kappa shape index (κ2) is 14.8. The molecule has 0 bridgehead atoms. The molecule has 16 heteroatoms. The van der Waals surface area contributed by atoms with E-state index in [-0.39, 0.29) is 16.7 Å². The normalized spacial score (nSPS) is 10.4. The predicted molar refractivity (Wildman–Crippen MR) is 166 cm³/mol. The minimum atomic E-state index is -4.53. The Hall–Kier alpha value is -5.98. The molecule has 0 heterocycles. The van der Waals surface area contributed by atoms with Crippen LogP contribution < -0.4 is 0 Å². The largest absolute Gasteiger partial charge is 1.20 e. The van der Waals surface area contributed by atoms with Crippen LogP contribution in [0.25, 0.3) is 0 Å². The highest BCUT2D eigenvalue weighted by Crippen LogP contribution is 2.31. The Bertz CT molecular complexity index is 1780. The van der Waals surface area contributed by atoms with Gasteiger partial charge in [0.1, 0.15) is 17.2 Å². The number of ketones is 6. The molecule has 3 aromatic rings. The molecule has 0 aliphatic heterocycles. The van der Waals surface area contributed by atoms with Crippen LogP contribution in [0.1, 0.15) is 135 Å². The third kappa shape index (κ3) is 7.78. The molecule has 0 radical (unpaired) electrons. The number of carbonyl (C=O) groups excluding carboxylic acids is 9. The Morgan fingerprint density at radius 3 is 0.776 bits per heavy atom. The first-order chi connectivity index (χ1) is 22.8. The molecule has 0 unspecified atom stereocenters. The summed E-state index contributed by atoms with van der Waals surface area (Å²) in [5.74, 6) is -11.8. The lowest BCUT2D eigenvalue weighted by Gasteiger charge is -2.17. The van der Waals surface area contributed by atoms with Gasteiger partial charge in [0.2, 0.25) is 0 Å². The SMILES string of the molecule is CC(=O)c1ccc(C(=O)[O][Al]([O]C(=O)c2ccc(C(C)=O)c(C(C)=O)c2O)[O]C(=O)c2ccc(C(C)=O)c(C(C)=O)c2O)c(O)c1C(C)=O. The van der Waals surface area contributed by atoms with Crippen molar-refractivity contribution < 1.29 is 69.8 Å². The molecule has 0 fully saturated rings. The van der Waals surface area contributed by atoms with E-state index < -0.39 is 118 Å². The van der Waals surface area contributed by atoms with Crippen molar-refractivity contribution in [3.63, 3.8) is 0 Å². The number of Topliss-reactive ketones (excluding diaryl/α,β-unsaturated/α-hetero) is 6. The maximum atomic E-state index is 13.2. The molecule has 252 valence electrons. The molecule has 0 aliphatic rings. The van der Waals surface area contributed by atoms with Gasteiger partial charge in [-0.3, -0.25) is 28.8 Å². The van der Waals surface area contributed by atoms with E-state index in [0.717, 1.165) is 77.9 Å². The van der Waals surface area contributed by atoms with Gasteiger partial charge in [0, 0.05) is 16.7 Å². The van der Waals surface area contributed by atoms with Crippen LogP contribution in [0, 0.1) is 0 Å². The lowest BCUT2D eigenvalue weighted by molar-refractivity contribution is 0.0405. The minimum absolute atomic E-state index is 0.232. The summed E-state index contributed by atoms with van der Waals surface area (Å²) in [6, 6.07) is 5.85. The highest BCUT2D eigenvalue weighted by Gasteiger charge is 2.51. The average Bonchev–Trinajstić information content (AvgIpc) is 2.99. The predicted octanol–water partition coefficient (Wildman–Crippen LogP) is 3.87. The Morgan fingerprint density at radius 1 is 0.388 bits per heavy atom. The summed E-state index contributed by atoms with van der Waals surface area (Å²) in [5.41, 5.74) is -4.46. The van der Waals surface area contributed by atoms with Gasteiger partial charge < -0.3 is 26.7 Å². The number of aromatic hydroxyl groups is 3. The van der Waals surface area contributed by atoms with Gasteiger partial charge in [0.05, 0.1) is 33.4 Å². The van der Waals surface area contributed by atoms with E-state index in [4.69, 9.17) is 11.4 Å². The third-order valence-electron chi connectivity index (χ3n) is 7.00. The zero-order chi connectivity index (χ0) is 37.1. The summed E-state index contributed by atoms with van der Waals surface area (Å²) in [6.07, 6.45) is 0. The van der Waals surface area contributed by atoms with Crippen molar-refractivity contribution in [1.82, 2.24) is 0 Å². The van der Waals surface area contributed by atoms with Crippen molar-refractivity contribution in [3.8, 4) is 17.2 Å². The molecule has 0 aliphatic carbocycles. The molecule has 0 atom stereocenters. The smallest absolute Gasteiger partial charge is 0.547 e. The second-order valence-corrected chi connectivity index (χ2v) is 11.8. The lowest BCUT2D eigenvalue weighted by Crippen LogP contribution is -2.35. The van der Waals surface area contributed by atoms with Crippen LogP contribution in [-0.4, -0.2) is 83.1 Å². The fraction of sp³-hybridized carbons (Fsp3) is 0.182. The van der Waals surface area contributed by atoms with E-state index in [2.05, 4.69) is 0 Å². The van der Waals surface area contributed by atoms with Crippen LogP contribution in [0.4, 0.5) is 0 Å². The summed E-state index contributed by atoms with van der Waals surface area (Å²) in [7, 11) is 0. The third-order valence-corrected chi connectivity index (χ3v) is 8.22. The fourth-order valence-corrected chi connectivity index (χ4v) is 5.79. The van der Waals surface area contributed by atoms with E-state index in [0.29, 0.717) is 0 Å². The van der Waals surface area contributed by atoms with Gasteiger partial charge in [-0.1, -0.05) is 0 Å². The highest BCUT2D eigenvalue weighted by atomic mass is 27.3. The molecule has 0 saturated carbocycles. The van der Waals surface area contributed by atoms with Crippen LogP contribution in [0.2, 0.25) is 0 Å². The Labute approximate surface area is 282 Å². The lowest BCUT2D eigenvalue weighted by atomic mass is 9.97. The van der Waals surface area contributed by atoms with Crippen LogP contribution in [0.3, 0.4) is 0 Å². The van der Waals surface area contributed by atoms with Crippen LogP contribution in [-0.2, 0) is 11.4 Å². The molecule has 3 N–H and O–H groups in total. The van der Waals surface area contributed by atoms with E-state index in [1.165, 1.54) is 0 Å². The topological polar surface area (TPSA) is 242 Å². The van der Waals surface area contributed by atoms with Crippen molar-refractivity contribution in [2.45, 2.75) is 41.5 Å².